The average Bonchev–Trinajstić information content (AvgIpc) is 2.41. The summed E-state index contributed by atoms with van der Waals surface area (Å²) in [5.74, 6) is 1.53. The number of rotatable bonds is 7. The Morgan fingerprint density at radius 3 is 2.37 bits per heavy atom. The predicted octanol–water partition coefficient (Wildman–Crippen LogP) is 2.51. The van der Waals surface area contributed by atoms with E-state index in [-0.39, 0.29) is 0 Å². The number of hydrogen-bond acceptors (Lipinski definition) is 4. The van der Waals surface area contributed by atoms with Crippen molar-refractivity contribution in [1.82, 2.24) is 5.32 Å². The Bertz CT molecular complexity index is 417. The highest BCUT2D eigenvalue weighted by Crippen LogP contribution is 2.40. The maximum Gasteiger partial charge on any atom is 0.162 e. The van der Waals surface area contributed by atoms with Gasteiger partial charge in [-0.2, -0.15) is 0 Å². The third-order valence-electron chi connectivity index (χ3n) is 4.02. The second-order valence-corrected chi connectivity index (χ2v) is 5.31. The lowest BCUT2D eigenvalue weighted by molar-refractivity contribution is 0.151. The van der Waals surface area contributed by atoms with Crippen molar-refractivity contribution >= 4 is 5.69 Å². The Balaban J connectivity index is 1.99. The van der Waals surface area contributed by atoms with Crippen LogP contribution >= 0.6 is 0 Å². The summed E-state index contributed by atoms with van der Waals surface area (Å²) in [5.41, 5.74) is 1.50. The highest BCUT2D eigenvalue weighted by atomic mass is 16.5. The van der Waals surface area contributed by atoms with E-state index in [2.05, 4.69) is 10.6 Å². The van der Waals surface area contributed by atoms with Crippen LogP contribution < -0.4 is 20.1 Å². The molecule has 0 aliphatic heterocycles. The third kappa shape index (κ3) is 3.13. The highest BCUT2D eigenvalue weighted by Gasteiger charge is 2.35. The molecule has 106 valence electrons. The topological polar surface area (TPSA) is 42.5 Å². The van der Waals surface area contributed by atoms with Crippen LogP contribution in [-0.2, 0) is 0 Å². The fraction of sp³-hybridized carbons (Fsp3) is 0.600. The molecule has 4 nitrogen and oxygen atoms in total. The first kappa shape index (κ1) is 14.0. The SMILES string of the molecule is CNCC1(CNc2ccc(OC)c(OC)c2)CCC1. The van der Waals surface area contributed by atoms with Crippen molar-refractivity contribution in [1.29, 1.82) is 0 Å². The minimum absolute atomic E-state index is 0.419. The fourth-order valence-corrected chi connectivity index (χ4v) is 2.70. The van der Waals surface area contributed by atoms with Crippen LogP contribution in [0.25, 0.3) is 0 Å². The molecule has 1 aliphatic carbocycles. The van der Waals surface area contributed by atoms with Gasteiger partial charge < -0.3 is 20.1 Å². The average molecular weight is 264 g/mol. The summed E-state index contributed by atoms with van der Waals surface area (Å²) in [6.07, 6.45) is 3.94. The standard InChI is InChI=1S/C15H24N2O2/c1-16-10-15(7-4-8-15)11-17-12-5-6-13(18-2)14(9-12)19-3/h5-6,9,16-17H,4,7-8,10-11H2,1-3H3. The fourth-order valence-electron chi connectivity index (χ4n) is 2.70. The lowest BCUT2D eigenvalue weighted by Crippen LogP contribution is -2.44. The van der Waals surface area contributed by atoms with Gasteiger partial charge in [-0.1, -0.05) is 6.42 Å². The van der Waals surface area contributed by atoms with E-state index < -0.39 is 0 Å². The number of anilines is 1. The third-order valence-corrected chi connectivity index (χ3v) is 4.02. The van der Waals surface area contributed by atoms with Crippen molar-refractivity contribution in [3.8, 4) is 11.5 Å². The van der Waals surface area contributed by atoms with E-state index in [1.54, 1.807) is 14.2 Å². The van der Waals surface area contributed by atoms with Gasteiger partial charge in [0.1, 0.15) is 0 Å². The van der Waals surface area contributed by atoms with Gasteiger partial charge in [0.2, 0.25) is 0 Å². The summed E-state index contributed by atoms with van der Waals surface area (Å²) in [7, 11) is 5.34. The van der Waals surface area contributed by atoms with Crippen LogP contribution in [0.3, 0.4) is 0 Å². The van der Waals surface area contributed by atoms with E-state index in [4.69, 9.17) is 9.47 Å². The molecule has 0 saturated heterocycles. The van der Waals surface area contributed by atoms with Crippen molar-refractivity contribution in [3.05, 3.63) is 18.2 Å². The molecule has 0 heterocycles. The zero-order valence-electron chi connectivity index (χ0n) is 12.1. The van der Waals surface area contributed by atoms with Crippen LogP contribution in [0.5, 0.6) is 11.5 Å². The zero-order valence-corrected chi connectivity index (χ0v) is 12.1. The molecule has 1 saturated carbocycles. The van der Waals surface area contributed by atoms with E-state index in [1.807, 2.05) is 25.2 Å². The Hall–Kier alpha value is -1.42. The van der Waals surface area contributed by atoms with Crippen molar-refractivity contribution in [2.75, 3.05) is 39.7 Å². The van der Waals surface area contributed by atoms with Crippen LogP contribution in [0.1, 0.15) is 19.3 Å². The van der Waals surface area contributed by atoms with Crippen LogP contribution in [0, 0.1) is 5.41 Å². The molecule has 0 atom stereocenters. The summed E-state index contributed by atoms with van der Waals surface area (Å²) in [6.45, 7) is 2.08. The molecule has 0 bridgehead atoms. The van der Waals surface area contributed by atoms with Gasteiger partial charge in [-0.05, 0) is 32.0 Å². The van der Waals surface area contributed by atoms with Gasteiger partial charge in [-0.25, -0.2) is 0 Å². The smallest absolute Gasteiger partial charge is 0.162 e. The van der Waals surface area contributed by atoms with Crippen molar-refractivity contribution in [3.63, 3.8) is 0 Å². The first-order valence-corrected chi connectivity index (χ1v) is 6.83. The Morgan fingerprint density at radius 2 is 1.84 bits per heavy atom. The minimum Gasteiger partial charge on any atom is -0.493 e. The zero-order chi connectivity index (χ0) is 13.7. The Morgan fingerprint density at radius 1 is 1.11 bits per heavy atom. The molecule has 0 radical (unpaired) electrons. The molecule has 0 amide bonds. The molecule has 0 unspecified atom stereocenters. The van der Waals surface area contributed by atoms with Gasteiger partial charge in [0, 0.05) is 30.3 Å². The molecular formula is C15H24N2O2. The lowest BCUT2D eigenvalue weighted by Gasteiger charge is -2.42. The van der Waals surface area contributed by atoms with Crippen molar-refractivity contribution < 1.29 is 9.47 Å². The molecule has 4 heteroatoms. The summed E-state index contributed by atoms with van der Waals surface area (Å²) in [5, 5.41) is 6.83. The minimum atomic E-state index is 0.419. The largest absolute Gasteiger partial charge is 0.493 e. The predicted molar refractivity (Wildman–Crippen MR) is 78.2 cm³/mol. The molecule has 1 aromatic rings. The molecule has 0 spiro atoms. The normalized spacial score (nSPS) is 16.6. The Kier molecular flexibility index (Phi) is 4.53. The van der Waals surface area contributed by atoms with Crippen molar-refractivity contribution in [2.24, 2.45) is 5.41 Å². The first-order chi connectivity index (χ1) is 9.23. The highest BCUT2D eigenvalue weighted by molar-refractivity contribution is 5.54. The van der Waals surface area contributed by atoms with Gasteiger partial charge in [-0.15, -0.1) is 0 Å². The van der Waals surface area contributed by atoms with E-state index >= 15 is 0 Å². The van der Waals surface area contributed by atoms with Crippen LogP contribution in [0.15, 0.2) is 18.2 Å². The summed E-state index contributed by atoms with van der Waals surface area (Å²) in [6, 6.07) is 5.96. The van der Waals surface area contributed by atoms with E-state index in [9.17, 15) is 0 Å². The van der Waals surface area contributed by atoms with Crippen LogP contribution in [0.4, 0.5) is 5.69 Å². The maximum atomic E-state index is 5.32. The molecule has 0 aromatic heterocycles. The number of ether oxygens (including phenoxy) is 2. The van der Waals surface area contributed by atoms with Gasteiger partial charge in [0.15, 0.2) is 11.5 Å². The quantitative estimate of drug-likeness (QED) is 0.794. The number of hydrogen-bond donors (Lipinski definition) is 2. The summed E-state index contributed by atoms with van der Waals surface area (Å²) in [4.78, 5) is 0. The van der Waals surface area contributed by atoms with Gasteiger partial charge in [-0.3, -0.25) is 0 Å². The molecule has 2 N–H and O–H groups in total. The summed E-state index contributed by atoms with van der Waals surface area (Å²) < 4.78 is 10.6. The molecule has 2 rings (SSSR count). The molecule has 1 aromatic carbocycles. The van der Waals surface area contributed by atoms with Gasteiger partial charge in [0.05, 0.1) is 14.2 Å². The number of nitrogens with one attached hydrogen (secondary N) is 2. The molecular weight excluding hydrogens is 240 g/mol. The number of benzene rings is 1. The summed E-state index contributed by atoms with van der Waals surface area (Å²) >= 11 is 0. The van der Waals surface area contributed by atoms with Gasteiger partial charge >= 0.3 is 0 Å². The number of methoxy groups -OCH3 is 2. The first-order valence-electron chi connectivity index (χ1n) is 6.83. The van der Waals surface area contributed by atoms with E-state index in [0.29, 0.717) is 5.41 Å². The Labute approximate surface area is 115 Å². The monoisotopic (exact) mass is 264 g/mol. The van der Waals surface area contributed by atoms with E-state index in [0.717, 1.165) is 30.3 Å². The van der Waals surface area contributed by atoms with Crippen LogP contribution in [0.2, 0.25) is 0 Å². The maximum absolute atomic E-state index is 5.32. The molecule has 1 aliphatic rings. The van der Waals surface area contributed by atoms with Crippen molar-refractivity contribution in [2.45, 2.75) is 19.3 Å². The molecule has 1 fully saturated rings. The van der Waals surface area contributed by atoms with E-state index in [1.165, 1.54) is 19.3 Å². The van der Waals surface area contributed by atoms with Crippen LogP contribution in [-0.4, -0.2) is 34.4 Å². The second-order valence-electron chi connectivity index (χ2n) is 5.31. The molecule has 19 heavy (non-hydrogen) atoms. The second kappa shape index (κ2) is 6.15. The lowest BCUT2D eigenvalue weighted by atomic mass is 9.68. The van der Waals surface area contributed by atoms with Gasteiger partial charge in [0.25, 0.3) is 0 Å².